The smallest absolute Gasteiger partial charge is 0.0159 e. The topological polar surface area (TPSA) is 0 Å². The van der Waals surface area contributed by atoms with Crippen molar-refractivity contribution in [2.75, 3.05) is 0 Å². The van der Waals surface area contributed by atoms with Crippen molar-refractivity contribution < 1.29 is 0 Å². The van der Waals surface area contributed by atoms with Crippen LogP contribution in [0.1, 0.15) is 84.1 Å². The largest absolute Gasteiger partial charge is 0.0646 e. The molecule has 1 aliphatic carbocycles. The van der Waals surface area contributed by atoms with Crippen molar-refractivity contribution in [3.8, 4) is 33.4 Å². The minimum absolute atomic E-state index is 0.101. The molecule has 0 saturated carbocycles. The summed E-state index contributed by atoms with van der Waals surface area (Å²) >= 11 is 0. The quantitative estimate of drug-likeness (QED) is 0.159. The van der Waals surface area contributed by atoms with Crippen molar-refractivity contribution in [2.45, 2.75) is 78.1 Å². The monoisotopic (exact) mass is 720 g/mol. The van der Waals surface area contributed by atoms with Gasteiger partial charge in [0.05, 0.1) is 0 Å². The molecule has 0 N–H and O–H groups in total. The van der Waals surface area contributed by atoms with Crippen LogP contribution in [0.15, 0.2) is 133 Å². The van der Waals surface area contributed by atoms with Crippen molar-refractivity contribution >= 4 is 64.6 Å². The summed E-state index contributed by atoms with van der Waals surface area (Å²) in [6, 6.07) is 52.2. The van der Waals surface area contributed by atoms with Gasteiger partial charge in [-0.15, -0.1) is 0 Å². The third-order valence-corrected chi connectivity index (χ3v) is 14.0. The molecular formula is C56H48. The van der Waals surface area contributed by atoms with E-state index in [1.54, 1.807) is 0 Å². The van der Waals surface area contributed by atoms with Crippen LogP contribution >= 0.6 is 0 Å². The van der Waals surface area contributed by atoms with E-state index in [9.17, 15) is 0 Å². The zero-order valence-corrected chi connectivity index (χ0v) is 33.9. The van der Waals surface area contributed by atoms with E-state index in [1.807, 2.05) is 0 Å². The van der Waals surface area contributed by atoms with Crippen molar-refractivity contribution in [3.05, 3.63) is 156 Å². The van der Waals surface area contributed by atoms with Crippen LogP contribution in [-0.4, -0.2) is 0 Å². The molecule has 0 atom stereocenters. The van der Waals surface area contributed by atoms with Crippen molar-refractivity contribution in [1.82, 2.24) is 0 Å². The Morgan fingerprint density at radius 3 is 1.20 bits per heavy atom. The van der Waals surface area contributed by atoms with E-state index >= 15 is 0 Å². The van der Waals surface area contributed by atoms with Crippen LogP contribution in [0.2, 0.25) is 0 Å². The Morgan fingerprint density at radius 2 is 0.768 bits per heavy atom. The summed E-state index contributed by atoms with van der Waals surface area (Å²) in [6.45, 7) is 18.8. The van der Waals surface area contributed by atoms with Crippen LogP contribution in [0.3, 0.4) is 0 Å². The van der Waals surface area contributed by atoms with Crippen LogP contribution in [0.25, 0.3) is 98.0 Å². The maximum atomic E-state index is 2.49. The minimum Gasteiger partial charge on any atom is -0.0646 e. The minimum atomic E-state index is -0.143. The lowest BCUT2D eigenvalue weighted by Gasteiger charge is -2.25. The van der Waals surface area contributed by atoms with Gasteiger partial charge in [0.2, 0.25) is 0 Å². The summed E-state index contributed by atoms with van der Waals surface area (Å²) < 4.78 is 0. The van der Waals surface area contributed by atoms with Gasteiger partial charge in [0.1, 0.15) is 0 Å². The van der Waals surface area contributed by atoms with Crippen LogP contribution in [-0.2, 0) is 16.2 Å². The molecule has 10 aromatic rings. The Kier molecular flexibility index (Phi) is 6.72. The second-order valence-corrected chi connectivity index (χ2v) is 19.0. The lowest BCUT2D eigenvalue weighted by molar-refractivity contribution is 0.507. The molecule has 1 aliphatic rings. The number of hydrogen-bond acceptors (Lipinski definition) is 0. The predicted molar refractivity (Wildman–Crippen MR) is 244 cm³/mol. The summed E-state index contributed by atoms with van der Waals surface area (Å²) in [4.78, 5) is 0. The first kappa shape index (κ1) is 33.6. The van der Waals surface area contributed by atoms with Gasteiger partial charge in [0.25, 0.3) is 0 Å². The standard InChI is InChI=1S/C56H48/c1-9-55(5,6)41-28-37-13-11-33-15-21-43(47-25-19-39(29-41)51(37)53(33)47)35-17-23-45-44-22-16-34(30-48(44)56(7,8)49(45)31-35)42-20-14-32-10-12-36-26-40(54(2,3)4)27-38-18-24-46(42)52(32)50(36)38/h10-31H,9H2,1-8H3. The van der Waals surface area contributed by atoms with E-state index in [1.165, 1.54) is 120 Å². The molecule has 0 spiro atoms. The third-order valence-electron chi connectivity index (χ3n) is 14.0. The molecule has 0 nitrogen and oxygen atoms in total. The third kappa shape index (κ3) is 4.59. The first-order valence-corrected chi connectivity index (χ1v) is 20.6. The maximum absolute atomic E-state index is 2.49. The highest BCUT2D eigenvalue weighted by Gasteiger charge is 2.36. The fourth-order valence-corrected chi connectivity index (χ4v) is 10.2. The summed E-state index contributed by atoms with van der Waals surface area (Å²) in [6.07, 6.45) is 1.11. The predicted octanol–water partition coefficient (Wildman–Crippen LogP) is 16.1. The highest BCUT2D eigenvalue weighted by molar-refractivity contribution is 6.27. The van der Waals surface area contributed by atoms with E-state index in [0.29, 0.717) is 0 Å². The van der Waals surface area contributed by atoms with E-state index in [4.69, 9.17) is 0 Å². The van der Waals surface area contributed by atoms with Gasteiger partial charge in [-0.1, -0.05) is 177 Å². The van der Waals surface area contributed by atoms with Gasteiger partial charge in [-0.2, -0.15) is 0 Å². The van der Waals surface area contributed by atoms with Crippen LogP contribution in [0.5, 0.6) is 0 Å². The van der Waals surface area contributed by atoms with Gasteiger partial charge < -0.3 is 0 Å². The molecule has 0 fully saturated rings. The lowest BCUT2D eigenvalue weighted by atomic mass is 9.79. The van der Waals surface area contributed by atoms with Crippen molar-refractivity contribution in [2.24, 2.45) is 0 Å². The Balaban J connectivity index is 1.02. The van der Waals surface area contributed by atoms with E-state index < -0.39 is 0 Å². The fourth-order valence-electron chi connectivity index (χ4n) is 10.2. The maximum Gasteiger partial charge on any atom is 0.0159 e. The van der Waals surface area contributed by atoms with Crippen LogP contribution in [0.4, 0.5) is 0 Å². The molecule has 0 unspecified atom stereocenters. The fraction of sp³-hybridized carbons (Fsp3) is 0.214. The molecular weight excluding hydrogens is 673 g/mol. The zero-order chi connectivity index (χ0) is 38.5. The van der Waals surface area contributed by atoms with Gasteiger partial charge in [-0.25, -0.2) is 0 Å². The normalized spacial score (nSPS) is 14.3. The molecule has 272 valence electrons. The molecule has 10 aromatic carbocycles. The van der Waals surface area contributed by atoms with Crippen molar-refractivity contribution in [3.63, 3.8) is 0 Å². The molecule has 56 heavy (non-hydrogen) atoms. The SMILES string of the molecule is CCC(C)(C)c1cc2ccc3ccc(-c4ccc5c(c4)C(C)(C)c4cc(-c6ccc7ccc8cc(C(C)(C)C)cc9ccc6c7c89)ccc4-5)c4ccc(c1)c2c34. The molecule has 0 bridgehead atoms. The Bertz CT molecular complexity index is 3210. The van der Waals surface area contributed by atoms with Crippen LogP contribution in [0, 0.1) is 0 Å². The first-order chi connectivity index (χ1) is 26.8. The number of hydrogen-bond donors (Lipinski definition) is 0. The van der Waals surface area contributed by atoms with E-state index in [0.717, 1.165) is 6.42 Å². The van der Waals surface area contributed by atoms with Gasteiger partial charge in [0, 0.05) is 5.41 Å². The number of rotatable bonds is 4. The molecule has 0 saturated heterocycles. The summed E-state index contributed by atoms with van der Waals surface area (Å²) in [5.74, 6) is 0. The molecule has 11 rings (SSSR count). The summed E-state index contributed by atoms with van der Waals surface area (Å²) in [7, 11) is 0. The van der Waals surface area contributed by atoms with Crippen LogP contribution < -0.4 is 0 Å². The Morgan fingerprint density at radius 1 is 0.393 bits per heavy atom. The number of benzene rings is 10. The van der Waals surface area contributed by atoms with Crippen molar-refractivity contribution in [1.29, 1.82) is 0 Å². The molecule has 0 radical (unpaired) electrons. The molecule has 0 heteroatoms. The summed E-state index contributed by atoms with van der Waals surface area (Å²) in [5.41, 5.74) is 13.6. The lowest BCUT2D eigenvalue weighted by Crippen LogP contribution is -2.15. The molecule has 0 aliphatic heterocycles. The van der Waals surface area contributed by atoms with E-state index in [-0.39, 0.29) is 16.2 Å². The average molecular weight is 721 g/mol. The van der Waals surface area contributed by atoms with E-state index in [2.05, 4.69) is 189 Å². The van der Waals surface area contributed by atoms with Gasteiger partial charge in [-0.05, 0) is 150 Å². The van der Waals surface area contributed by atoms with Gasteiger partial charge in [-0.3, -0.25) is 0 Å². The molecule has 0 amide bonds. The highest BCUT2D eigenvalue weighted by atomic mass is 14.4. The second kappa shape index (κ2) is 11.2. The second-order valence-electron chi connectivity index (χ2n) is 19.0. The van der Waals surface area contributed by atoms with Gasteiger partial charge >= 0.3 is 0 Å². The van der Waals surface area contributed by atoms with Gasteiger partial charge in [0.15, 0.2) is 0 Å². The number of fused-ring (bicyclic) bond motifs is 3. The average Bonchev–Trinajstić information content (AvgIpc) is 3.42. The highest BCUT2D eigenvalue weighted by Crippen LogP contribution is 2.52. The molecule has 0 heterocycles. The first-order valence-electron chi connectivity index (χ1n) is 20.6. The molecule has 0 aromatic heterocycles. The Labute approximate surface area is 330 Å². The summed E-state index contributed by atoms with van der Waals surface area (Å²) in [5, 5.41) is 16.2. The zero-order valence-electron chi connectivity index (χ0n) is 33.9. The Hall–Kier alpha value is -5.72.